The van der Waals surface area contributed by atoms with Crippen LogP contribution in [0.5, 0.6) is 0 Å². The van der Waals surface area contributed by atoms with Crippen molar-refractivity contribution in [2.24, 2.45) is 11.7 Å². The number of nitrogens with one attached hydrogen (secondary N) is 1. The Balaban J connectivity index is 1.71. The molecule has 114 valence electrons. The zero-order valence-corrected chi connectivity index (χ0v) is 13.6. The Morgan fingerprint density at radius 2 is 2.19 bits per heavy atom. The lowest BCUT2D eigenvalue weighted by Gasteiger charge is -2.30. The van der Waals surface area contributed by atoms with Gasteiger partial charge in [-0.15, -0.1) is 11.8 Å². The van der Waals surface area contributed by atoms with Crippen LogP contribution < -0.4 is 11.1 Å². The summed E-state index contributed by atoms with van der Waals surface area (Å²) < 4.78 is 0. The molecule has 3 nitrogen and oxygen atoms in total. The van der Waals surface area contributed by atoms with Crippen LogP contribution in [0.1, 0.15) is 43.7 Å². The highest BCUT2D eigenvalue weighted by atomic mass is 35.5. The first kappa shape index (κ1) is 15.2. The molecule has 3 N–H and O–H groups in total. The van der Waals surface area contributed by atoms with E-state index in [0.29, 0.717) is 0 Å². The number of hydrogen-bond donors (Lipinski definition) is 2. The minimum atomic E-state index is 0.0750. The van der Waals surface area contributed by atoms with Crippen molar-refractivity contribution in [1.82, 2.24) is 5.32 Å². The second-order valence-electron chi connectivity index (χ2n) is 6.00. The van der Waals surface area contributed by atoms with Gasteiger partial charge in [-0.25, -0.2) is 0 Å². The van der Waals surface area contributed by atoms with Crippen LogP contribution in [-0.4, -0.2) is 17.7 Å². The predicted octanol–water partition coefficient (Wildman–Crippen LogP) is 3.51. The first-order valence-electron chi connectivity index (χ1n) is 7.61. The molecule has 2 aliphatic rings. The molecule has 1 saturated carbocycles. The Bertz CT molecular complexity index is 537. The van der Waals surface area contributed by atoms with Crippen LogP contribution in [0.2, 0.25) is 5.02 Å². The summed E-state index contributed by atoms with van der Waals surface area (Å²) in [6.45, 7) is 0. The van der Waals surface area contributed by atoms with E-state index in [1.807, 2.05) is 23.9 Å². The maximum Gasteiger partial charge on any atom is 0.223 e. The highest BCUT2D eigenvalue weighted by Crippen LogP contribution is 2.38. The number of nitrogens with two attached hydrogens (primary N) is 1. The summed E-state index contributed by atoms with van der Waals surface area (Å²) in [7, 11) is 0. The summed E-state index contributed by atoms with van der Waals surface area (Å²) in [5, 5.41) is 3.96. The van der Waals surface area contributed by atoms with E-state index in [2.05, 4.69) is 11.4 Å². The zero-order valence-electron chi connectivity index (χ0n) is 12.0. The van der Waals surface area contributed by atoms with Crippen LogP contribution in [0.25, 0.3) is 0 Å². The third-order valence-electron chi connectivity index (χ3n) is 4.41. The summed E-state index contributed by atoms with van der Waals surface area (Å²) in [4.78, 5) is 13.7. The number of carbonyl (C=O) groups excluding carboxylic acids is 1. The number of amides is 1. The highest BCUT2D eigenvalue weighted by molar-refractivity contribution is 7.99. The van der Waals surface area contributed by atoms with Crippen molar-refractivity contribution in [1.29, 1.82) is 0 Å². The van der Waals surface area contributed by atoms with Crippen LogP contribution in [0.15, 0.2) is 23.1 Å². The molecule has 3 unspecified atom stereocenters. The largest absolute Gasteiger partial charge is 0.349 e. The summed E-state index contributed by atoms with van der Waals surface area (Å²) in [6.07, 6.45) is 4.84. The molecule has 1 aromatic carbocycles. The van der Waals surface area contributed by atoms with Crippen molar-refractivity contribution < 1.29 is 4.79 Å². The second kappa shape index (κ2) is 6.59. The Morgan fingerprint density at radius 3 is 3.00 bits per heavy atom. The molecular formula is C16H21ClN2OS. The minimum Gasteiger partial charge on any atom is -0.349 e. The van der Waals surface area contributed by atoms with Gasteiger partial charge < -0.3 is 11.1 Å². The average Bonchev–Trinajstić information content (AvgIpc) is 2.48. The van der Waals surface area contributed by atoms with Gasteiger partial charge in [0.05, 0.1) is 6.04 Å². The van der Waals surface area contributed by atoms with E-state index in [1.165, 1.54) is 4.90 Å². The van der Waals surface area contributed by atoms with Gasteiger partial charge in [0.2, 0.25) is 5.91 Å². The summed E-state index contributed by atoms with van der Waals surface area (Å²) in [5.41, 5.74) is 7.15. The molecule has 0 spiro atoms. The van der Waals surface area contributed by atoms with Gasteiger partial charge in [0.25, 0.3) is 0 Å². The van der Waals surface area contributed by atoms with Gasteiger partial charge in [-0.3, -0.25) is 4.79 Å². The molecule has 0 bridgehead atoms. The maximum atomic E-state index is 12.5. The standard InChI is InChI=1S/C16H21ClN2OS/c17-11-4-5-15-13(9-11)14(6-7-21-15)19-16(20)10-2-1-3-12(18)8-10/h4-5,9-10,12,14H,1-3,6-8,18H2,(H,19,20). The first-order chi connectivity index (χ1) is 10.1. The molecule has 3 atom stereocenters. The van der Waals surface area contributed by atoms with Crippen LogP contribution >= 0.6 is 23.4 Å². The molecular weight excluding hydrogens is 304 g/mol. The fourth-order valence-corrected chi connectivity index (χ4v) is 4.56. The topological polar surface area (TPSA) is 55.1 Å². The van der Waals surface area contributed by atoms with Gasteiger partial charge in [-0.1, -0.05) is 18.0 Å². The van der Waals surface area contributed by atoms with E-state index < -0.39 is 0 Å². The number of benzene rings is 1. The maximum absolute atomic E-state index is 12.5. The van der Waals surface area contributed by atoms with Gasteiger partial charge in [-0.05, 0) is 49.4 Å². The Labute approximate surface area is 135 Å². The summed E-state index contributed by atoms with van der Waals surface area (Å²) in [6, 6.07) is 6.22. The van der Waals surface area contributed by atoms with Gasteiger partial charge >= 0.3 is 0 Å². The first-order valence-corrected chi connectivity index (χ1v) is 8.98. The molecule has 1 aliphatic carbocycles. The van der Waals surface area contributed by atoms with Gasteiger partial charge in [-0.2, -0.15) is 0 Å². The van der Waals surface area contributed by atoms with Crippen molar-refractivity contribution >= 4 is 29.3 Å². The Kier molecular flexibility index (Phi) is 4.77. The monoisotopic (exact) mass is 324 g/mol. The van der Waals surface area contributed by atoms with E-state index in [4.69, 9.17) is 17.3 Å². The minimum absolute atomic E-state index is 0.0750. The molecule has 0 saturated heterocycles. The normalized spacial score (nSPS) is 28.8. The quantitative estimate of drug-likeness (QED) is 0.875. The predicted molar refractivity (Wildman–Crippen MR) is 87.6 cm³/mol. The van der Waals surface area contributed by atoms with Gasteiger partial charge in [0.15, 0.2) is 0 Å². The fraction of sp³-hybridized carbons (Fsp3) is 0.562. The average molecular weight is 325 g/mol. The second-order valence-corrected chi connectivity index (χ2v) is 7.58. The number of rotatable bonds is 2. The van der Waals surface area contributed by atoms with Crippen LogP contribution in [0.4, 0.5) is 0 Å². The molecule has 1 amide bonds. The molecule has 0 radical (unpaired) electrons. The molecule has 3 rings (SSSR count). The van der Waals surface area contributed by atoms with E-state index >= 15 is 0 Å². The van der Waals surface area contributed by atoms with Crippen molar-refractivity contribution in [2.45, 2.75) is 49.1 Å². The number of halogens is 1. The summed E-state index contributed by atoms with van der Waals surface area (Å²) in [5.74, 6) is 1.27. The molecule has 1 heterocycles. The van der Waals surface area contributed by atoms with Crippen LogP contribution in [-0.2, 0) is 4.79 Å². The van der Waals surface area contributed by atoms with Gasteiger partial charge in [0.1, 0.15) is 0 Å². The number of carbonyl (C=O) groups is 1. The van der Waals surface area contributed by atoms with Crippen molar-refractivity contribution in [3.63, 3.8) is 0 Å². The lowest BCUT2D eigenvalue weighted by atomic mass is 9.85. The number of thioether (sulfide) groups is 1. The number of fused-ring (bicyclic) bond motifs is 1. The molecule has 5 heteroatoms. The van der Waals surface area contributed by atoms with Crippen molar-refractivity contribution in [3.8, 4) is 0 Å². The molecule has 21 heavy (non-hydrogen) atoms. The number of hydrogen-bond acceptors (Lipinski definition) is 3. The Hall–Kier alpha value is -0.710. The SMILES string of the molecule is NC1CCCC(C(=O)NC2CCSc3ccc(Cl)cc32)C1. The smallest absolute Gasteiger partial charge is 0.223 e. The zero-order chi connectivity index (χ0) is 14.8. The van der Waals surface area contributed by atoms with Crippen LogP contribution in [0, 0.1) is 5.92 Å². The van der Waals surface area contributed by atoms with E-state index in [1.54, 1.807) is 0 Å². The van der Waals surface area contributed by atoms with E-state index in [0.717, 1.165) is 48.4 Å². The lowest BCUT2D eigenvalue weighted by Crippen LogP contribution is -2.40. The fourth-order valence-electron chi connectivity index (χ4n) is 3.27. The van der Waals surface area contributed by atoms with Crippen LogP contribution in [0.3, 0.4) is 0 Å². The van der Waals surface area contributed by atoms with E-state index in [9.17, 15) is 4.79 Å². The highest BCUT2D eigenvalue weighted by Gasteiger charge is 2.29. The van der Waals surface area contributed by atoms with Crippen molar-refractivity contribution in [3.05, 3.63) is 28.8 Å². The molecule has 1 aromatic rings. The molecule has 1 aliphatic heterocycles. The Morgan fingerprint density at radius 1 is 1.33 bits per heavy atom. The molecule has 1 fully saturated rings. The van der Waals surface area contributed by atoms with Gasteiger partial charge in [0, 0.05) is 27.6 Å². The summed E-state index contributed by atoms with van der Waals surface area (Å²) >= 11 is 7.94. The third kappa shape index (κ3) is 3.55. The van der Waals surface area contributed by atoms with E-state index in [-0.39, 0.29) is 23.9 Å². The van der Waals surface area contributed by atoms with Crippen molar-refractivity contribution in [2.75, 3.05) is 5.75 Å². The third-order valence-corrected chi connectivity index (χ3v) is 5.77. The molecule has 0 aromatic heterocycles. The lowest BCUT2D eigenvalue weighted by molar-refractivity contribution is -0.126.